The molecule has 0 radical (unpaired) electrons. The highest BCUT2D eigenvalue weighted by Crippen LogP contribution is 2.30. The highest BCUT2D eigenvalue weighted by molar-refractivity contribution is 6.20. The second kappa shape index (κ2) is 8.84. The van der Waals surface area contributed by atoms with Crippen molar-refractivity contribution in [2.45, 2.75) is 57.7 Å². The van der Waals surface area contributed by atoms with E-state index >= 15 is 0 Å². The van der Waals surface area contributed by atoms with E-state index in [1.54, 1.807) is 0 Å². The summed E-state index contributed by atoms with van der Waals surface area (Å²) in [7, 11) is 0. The van der Waals surface area contributed by atoms with E-state index in [4.69, 9.17) is 35.3 Å². The molecular weight excluding hydrogens is 348 g/mol. The third-order valence-corrected chi connectivity index (χ3v) is 3.29. The van der Waals surface area contributed by atoms with Crippen LogP contribution in [0.1, 0.15) is 27.7 Å². The SMILES string of the molecule is CC(=O)OC[C@H]1O[C@H](Cl)[C@@H](OC(C)=O)[C@H](OC(C)=O)[C@@H]1OC(C)=O. The highest BCUT2D eigenvalue weighted by atomic mass is 35.5. The Morgan fingerprint density at radius 3 is 1.71 bits per heavy atom. The van der Waals surface area contributed by atoms with Gasteiger partial charge < -0.3 is 23.7 Å². The first-order chi connectivity index (χ1) is 11.1. The molecule has 1 aliphatic rings. The normalized spacial score (nSPS) is 29.3. The topological polar surface area (TPSA) is 114 Å². The average molecular weight is 367 g/mol. The number of halogens is 1. The van der Waals surface area contributed by atoms with Gasteiger partial charge in [0, 0.05) is 27.7 Å². The minimum absolute atomic E-state index is 0.291. The van der Waals surface area contributed by atoms with Gasteiger partial charge in [-0.05, 0) is 0 Å². The Balaban J connectivity index is 3.11. The number of alkyl halides is 1. The molecule has 0 aromatic rings. The van der Waals surface area contributed by atoms with Gasteiger partial charge in [-0.1, -0.05) is 11.6 Å². The number of hydrogen-bond acceptors (Lipinski definition) is 9. The Hall–Kier alpha value is -1.87. The van der Waals surface area contributed by atoms with E-state index in [0.29, 0.717) is 0 Å². The van der Waals surface area contributed by atoms with Gasteiger partial charge in [0.05, 0.1) is 0 Å². The summed E-state index contributed by atoms with van der Waals surface area (Å²) >= 11 is 6.05. The lowest BCUT2D eigenvalue weighted by Crippen LogP contribution is -2.61. The minimum Gasteiger partial charge on any atom is -0.463 e. The molecule has 9 nitrogen and oxygen atoms in total. The van der Waals surface area contributed by atoms with Crippen LogP contribution in [-0.2, 0) is 42.9 Å². The molecule has 5 atom stereocenters. The molecule has 0 bridgehead atoms. The van der Waals surface area contributed by atoms with Gasteiger partial charge >= 0.3 is 23.9 Å². The predicted octanol–water partition coefficient (Wildman–Crippen LogP) is 0.308. The van der Waals surface area contributed by atoms with Crippen LogP contribution in [0.5, 0.6) is 0 Å². The van der Waals surface area contributed by atoms with Crippen LogP contribution in [0.25, 0.3) is 0 Å². The molecule has 0 N–H and O–H groups in total. The quantitative estimate of drug-likeness (QED) is 0.385. The zero-order valence-electron chi connectivity index (χ0n) is 13.6. The summed E-state index contributed by atoms with van der Waals surface area (Å²) in [5, 5.41) is 0. The van der Waals surface area contributed by atoms with Crippen molar-refractivity contribution in [2.24, 2.45) is 0 Å². The van der Waals surface area contributed by atoms with Crippen molar-refractivity contribution in [2.75, 3.05) is 6.61 Å². The fourth-order valence-electron chi connectivity index (χ4n) is 2.18. The molecule has 0 amide bonds. The number of carbonyl (C=O) groups excluding carboxylic acids is 4. The summed E-state index contributed by atoms with van der Waals surface area (Å²) in [4.78, 5) is 45.0. The molecule has 0 saturated carbocycles. The molecule has 0 aliphatic carbocycles. The summed E-state index contributed by atoms with van der Waals surface area (Å²) < 4.78 is 25.6. The summed E-state index contributed by atoms with van der Waals surface area (Å²) in [6.45, 7) is 4.31. The molecule has 10 heteroatoms. The molecular formula is C14H19ClO9. The van der Waals surface area contributed by atoms with Crippen LogP contribution in [-0.4, -0.2) is 60.5 Å². The Labute approximate surface area is 143 Å². The molecule has 1 aliphatic heterocycles. The summed E-state index contributed by atoms with van der Waals surface area (Å²) in [6.07, 6.45) is -4.60. The van der Waals surface area contributed by atoms with E-state index < -0.39 is 53.9 Å². The van der Waals surface area contributed by atoms with Crippen molar-refractivity contribution in [3.05, 3.63) is 0 Å². The Bertz CT molecular complexity index is 506. The third-order valence-electron chi connectivity index (χ3n) is 2.93. The fraction of sp³-hybridized carbons (Fsp3) is 0.714. The van der Waals surface area contributed by atoms with Gasteiger partial charge in [-0.15, -0.1) is 0 Å². The van der Waals surface area contributed by atoms with Crippen LogP contribution in [0.4, 0.5) is 0 Å². The van der Waals surface area contributed by atoms with E-state index in [1.165, 1.54) is 6.92 Å². The standard InChI is InChI=1S/C14H19ClO9/c1-6(16)20-5-10-11(21-7(2)17)12(22-8(3)18)13(14(15)24-10)23-9(4)19/h10-14H,5H2,1-4H3/t10-,11-,12-,13+,14+/m1/s1. The van der Waals surface area contributed by atoms with E-state index in [-0.39, 0.29) is 6.61 Å². The minimum atomic E-state index is -1.22. The molecule has 1 heterocycles. The van der Waals surface area contributed by atoms with Crippen molar-refractivity contribution in [1.82, 2.24) is 0 Å². The predicted molar refractivity (Wildman–Crippen MR) is 77.8 cm³/mol. The molecule has 136 valence electrons. The molecule has 1 rings (SSSR count). The maximum absolute atomic E-state index is 11.4. The molecule has 0 spiro atoms. The largest absolute Gasteiger partial charge is 0.463 e. The van der Waals surface area contributed by atoms with Crippen LogP contribution in [0.2, 0.25) is 0 Å². The smallest absolute Gasteiger partial charge is 0.303 e. The second-order valence-electron chi connectivity index (χ2n) is 5.05. The first-order valence-corrected chi connectivity index (χ1v) is 7.50. The fourth-order valence-corrected chi connectivity index (χ4v) is 2.50. The molecule has 0 aromatic heterocycles. The Morgan fingerprint density at radius 1 is 0.792 bits per heavy atom. The first kappa shape index (κ1) is 20.2. The van der Waals surface area contributed by atoms with Gasteiger partial charge in [0.2, 0.25) is 0 Å². The van der Waals surface area contributed by atoms with Crippen molar-refractivity contribution in [3.8, 4) is 0 Å². The van der Waals surface area contributed by atoms with Crippen LogP contribution in [0, 0.1) is 0 Å². The van der Waals surface area contributed by atoms with Gasteiger partial charge in [-0.3, -0.25) is 19.2 Å². The van der Waals surface area contributed by atoms with E-state index in [1.807, 2.05) is 0 Å². The van der Waals surface area contributed by atoms with Crippen LogP contribution in [0.15, 0.2) is 0 Å². The van der Waals surface area contributed by atoms with Gasteiger partial charge in [-0.25, -0.2) is 0 Å². The lowest BCUT2D eigenvalue weighted by atomic mass is 9.99. The average Bonchev–Trinajstić information content (AvgIpc) is 2.42. The summed E-state index contributed by atoms with van der Waals surface area (Å²) in [5.74, 6) is -2.67. The third kappa shape index (κ3) is 5.97. The Kier molecular flexibility index (Phi) is 7.43. The number of rotatable bonds is 5. The number of hydrogen-bond donors (Lipinski definition) is 0. The van der Waals surface area contributed by atoms with Gasteiger partial charge in [0.25, 0.3) is 0 Å². The zero-order chi connectivity index (χ0) is 18.4. The van der Waals surface area contributed by atoms with Crippen molar-refractivity contribution in [1.29, 1.82) is 0 Å². The van der Waals surface area contributed by atoms with Crippen LogP contribution in [0.3, 0.4) is 0 Å². The number of carbonyl (C=O) groups is 4. The maximum atomic E-state index is 11.4. The molecule has 1 fully saturated rings. The van der Waals surface area contributed by atoms with Gasteiger partial charge in [0.1, 0.15) is 12.7 Å². The van der Waals surface area contributed by atoms with Crippen LogP contribution >= 0.6 is 11.6 Å². The second-order valence-corrected chi connectivity index (χ2v) is 5.48. The van der Waals surface area contributed by atoms with E-state index in [0.717, 1.165) is 20.8 Å². The summed E-state index contributed by atoms with van der Waals surface area (Å²) in [5.41, 5.74) is -1.20. The first-order valence-electron chi connectivity index (χ1n) is 7.06. The van der Waals surface area contributed by atoms with E-state index in [2.05, 4.69) is 0 Å². The lowest BCUT2D eigenvalue weighted by Gasteiger charge is -2.42. The highest BCUT2D eigenvalue weighted by Gasteiger charge is 2.51. The van der Waals surface area contributed by atoms with Crippen molar-refractivity contribution >= 4 is 35.5 Å². The molecule has 24 heavy (non-hydrogen) atoms. The zero-order valence-corrected chi connectivity index (χ0v) is 14.4. The van der Waals surface area contributed by atoms with Crippen molar-refractivity contribution < 1.29 is 42.9 Å². The monoisotopic (exact) mass is 366 g/mol. The Morgan fingerprint density at radius 2 is 1.25 bits per heavy atom. The van der Waals surface area contributed by atoms with Gasteiger partial charge in [0.15, 0.2) is 23.9 Å². The van der Waals surface area contributed by atoms with Gasteiger partial charge in [-0.2, -0.15) is 0 Å². The number of esters is 4. The van der Waals surface area contributed by atoms with Crippen LogP contribution < -0.4 is 0 Å². The maximum Gasteiger partial charge on any atom is 0.303 e. The van der Waals surface area contributed by atoms with Crippen molar-refractivity contribution in [3.63, 3.8) is 0 Å². The molecule has 0 aromatic carbocycles. The summed E-state index contributed by atoms with van der Waals surface area (Å²) in [6, 6.07) is 0. The molecule has 0 unspecified atom stereocenters. The number of ether oxygens (including phenoxy) is 5. The lowest BCUT2D eigenvalue weighted by molar-refractivity contribution is -0.238. The van der Waals surface area contributed by atoms with E-state index in [9.17, 15) is 19.2 Å². The molecule has 1 saturated heterocycles.